The van der Waals surface area contributed by atoms with Crippen molar-refractivity contribution < 1.29 is 39.5 Å². The summed E-state index contributed by atoms with van der Waals surface area (Å²) in [6.45, 7) is 26.7. The number of ether oxygens (including phenoxy) is 3. The molecular weight excluding hydrogens is 835 g/mol. The number of hydrogen-bond donors (Lipinski definition) is 0. The van der Waals surface area contributed by atoms with Crippen LogP contribution in [0.5, 0.6) is 17.2 Å². The van der Waals surface area contributed by atoms with Crippen molar-refractivity contribution in [1.82, 2.24) is 0 Å². The van der Waals surface area contributed by atoms with Crippen LogP contribution < -0.4 is 28.9 Å². The van der Waals surface area contributed by atoms with Crippen LogP contribution in [0.3, 0.4) is 0 Å². The first-order valence-corrected chi connectivity index (χ1v) is 23.5. The van der Waals surface area contributed by atoms with Crippen molar-refractivity contribution in [3.8, 4) is 17.2 Å². The van der Waals surface area contributed by atoms with Crippen LogP contribution in [0.4, 0.5) is 17.1 Å². The second kappa shape index (κ2) is 19.7. The number of hydrogen-bond acceptors (Lipinski definition) is 7. The van der Waals surface area contributed by atoms with Gasteiger partial charge in [0.15, 0.2) is 0 Å². The molecule has 2 amide bonds. The van der Waals surface area contributed by atoms with Gasteiger partial charge in [-0.05, 0) is 45.9 Å². The van der Waals surface area contributed by atoms with Crippen LogP contribution in [0.15, 0.2) is 72.8 Å². The summed E-state index contributed by atoms with van der Waals surface area (Å²) in [4.78, 5) is 32.9. The van der Waals surface area contributed by atoms with Gasteiger partial charge < -0.3 is 9.80 Å². The van der Waals surface area contributed by atoms with E-state index < -0.39 is 33.6 Å². The third-order valence-corrected chi connectivity index (χ3v) is 11.9. The molecule has 0 N–H and O–H groups in total. The van der Waals surface area contributed by atoms with Crippen LogP contribution >= 0.6 is 9.69 Å². The van der Waals surface area contributed by atoms with E-state index in [-0.39, 0.29) is 11.5 Å². The first-order chi connectivity index (χ1) is 27.6. The van der Waals surface area contributed by atoms with Crippen LogP contribution in [0.1, 0.15) is 131 Å². The van der Waals surface area contributed by atoms with Crippen molar-refractivity contribution in [3.05, 3.63) is 113 Å². The van der Waals surface area contributed by atoms with Crippen molar-refractivity contribution >= 4 is 43.2 Å². The summed E-state index contributed by atoms with van der Waals surface area (Å²) in [6, 6.07) is 23.9. The Bertz CT molecular complexity index is 1990. The van der Waals surface area contributed by atoms with Gasteiger partial charge in [-0.1, -0.05) is 91.8 Å². The second-order valence-electron chi connectivity index (χ2n) is 16.4. The Balaban J connectivity index is 0.000000221. The zero-order valence-electron chi connectivity index (χ0n) is 36.1. The van der Waals surface area contributed by atoms with Gasteiger partial charge in [0.25, 0.3) is 0 Å². The van der Waals surface area contributed by atoms with Gasteiger partial charge in [-0.25, -0.2) is 0 Å². The summed E-state index contributed by atoms with van der Waals surface area (Å²) < 4.78 is 18.5. The summed E-state index contributed by atoms with van der Waals surface area (Å²) in [5.74, 6) is 2.40. The molecule has 10 heteroatoms. The summed E-state index contributed by atoms with van der Waals surface area (Å²) in [6.07, 6.45) is -0.781. The second-order valence-corrected chi connectivity index (χ2v) is 18.2. The van der Waals surface area contributed by atoms with Gasteiger partial charge in [0.2, 0.25) is 0 Å². The van der Waals surface area contributed by atoms with E-state index in [1.807, 2.05) is 24.5 Å². The van der Waals surface area contributed by atoms with E-state index in [9.17, 15) is 9.59 Å². The fourth-order valence-corrected chi connectivity index (χ4v) is 8.73. The molecule has 1 saturated heterocycles. The quantitative estimate of drug-likeness (QED) is 0.0844. The molecule has 4 aromatic carbocycles. The van der Waals surface area contributed by atoms with Gasteiger partial charge in [0.05, 0.1) is 0 Å². The Hall–Kier alpha value is -4.20. The summed E-state index contributed by atoms with van der Waals surface area (Å²) >= 11 is -0.501. The molecule has 6 rings (SSSR count). The third kappa shape index (κ3) is 9.47. The molecule has 2 aliphatic rings. The van der Waals surface area contributed by atoms with Crippen molar-refractivity contribution in [2.45, 2.75) is 99.0 Å². The summed E-state index contributed by atoms with van der Waals surface area (Å²) in [7, 11) is 8.97. The molecule has 0 saturated carbocycles. The molecule has 0 aliphatic carbocycles. The molecule has 58 heavy (non-hydrogen) atoms. The Labute approximate surface area is 358 Å². The number of benzene rings is 4. The topological polar surface area (TPSA) is 71.6 Å². The molecular formula is C48H60ClN3O5Ru-. The van der Waals surface area contributed by atoms with Gasteiger partial charge in [0.1, 0.15) is 0 Å². The van der Waals surface area contributed by atoms with Crippen LogP contribution in [0.25, 0.3) is 0 Å². The minimum atomic E-state index is -0.781. The van der Waals surface area contributed by atoms with E-state index in [1.54, 1.807) is 30.3 Å². The molecule has 0 spiro atoms. The van der Waals surface area contributed by atoms with Crippen molar-refractivity contribution in [1.29, 1.82) is 0 Å². The number of anilines is 3. The molecule has 0 bridgehead atoms. The van der Waals surface area contributed by atoms with E-state index in [0.717, 1.165) is 18.7 Å². The first kappa shape index (κ1) is 44.9. The molecule has 1 fully saturated rings. The number of rotatable bonds is 11. The van der Waals surface area contributed by atoms with Crippen LogP contribution in [-0.2, 0) is 20.5 Å². The number of carbonyl (C=O) groups excluding carboxylic acids is 2. The molecule has 313 valence electrons. The monoisotopic (exact) mass is 895 g/mol. The molecule has 1 unspecified atom stereocenters. The third-order valence-electron chi connectivity index (χ3n) is 10.7. The first-order valence-electron chi connectivity index (χ1n) is 20.2. The van der Waals surface area contributed by atoms with E-state index in [4.69, 9.17) is 23.9 Å². The number of carbonyl (C=O) groups is 2. The molecule has 2 aliphatic heterocycles. The SMILES string of the molecule is CC(C)c1cccc(C(C)C)c1N1[CH-]N(c2c(C(C)C)cccc2C(C)C)CC1.COc1ccc(C(=O)N2C(=O)C(C(C)C)Oc3c([CH]=[Ru][Cl])cccc32)c(OC)c1. The minimum absolute atomic E-state index is 0.124. The van der Waals surface area contributed by atoms with E-state index >= 15 is 0 Å². The Morgan fingerprint density at radius 2 is 1.26 bits per heavy atom. The molecule has 4 aromatic rings. The number of halogens is 1. The van der Waals surface area contributed by atoms with E-state index in [2.05, 4.69) is 108 Å². The number of methoxy groups -OCH3 is 2. The van der Waals surface area contributed by atoms with Crippen LogP contribution in [-0.4, -0.2) is 49.8 Å². The molecule has 0 aromatic heterocycles. The van der Waals surface area contributed by atoms with Gasteiger partial charge in [-0.15, -0.1) is 0 Å². The zero-order valence-corrected chi connectivity index (χ0v) is 38.6. The number of amides is 2. The van der Waals surface area contributed by atoms with E-state index in [1.165, 1.54) is 52.7 Å². The predicted octanol–water partition coefficient (Wildman–Crippen LogP) is 11.3. The number of imide groups is 1. The Kier molecular flexibility index (Phi) is 15.3. The summed E-state index contributed by atoms with van der Waals surface area (Å²) in [5.41, 5.74) is 10.1. The predicted molar refractivity (Wildman–Crippen MR) is 236 cm³/mol. The number of nitrogens with zero attached hydrogens (tertiary/aromatic N) is 3. The fourth-order valence-electron chi connectivity index (χ4n) is 7.64. The fraction of sp³-hybridized carbons (Fsp3) is 0.417. The Morgan fingerprint density at radius 3 is 1.69 bits per heavy atom. The van der Waals surface area contributed by atoms with Gasteiger partial charge >= 0.3 is 181 Å². The summed E-state index contributed by atoms with van der Waals surface area (Å²) in [5, 5.41) is 0. The van der Waals surface area contributed by atoms with Crippen molar-refractivity contribution in [3.63, 3.8) is 0 Å². The zero-order chi connectivity index (χ0) is 42.4. The average Bonchev–Trinajstić information content (AvgIpc) is 3.69. The number of fused-ring (bicyclic) bond motifs is 1. The molecule has 8 nitrogen and oxygen atoms in total. The average molecular weight is 896 g/mol. The van der Waals surface area contributed by atoms with Crippen LogP contribution in [0.2, 0.25) is 0 Å². The van der Waals surface area contributed by atoms with Crippen molar-refractivity contribution in [2.24, 2.45) is 5.92 Å². The molecule has 1 atom stereocenters. The maximum atomic E-state index is 13.5. The normalized spacial score (nSPS) is 15.6. The number of para-hydroxylation sites is 3. The van der Waals surface area contributed by atoms with Crippen molar-refractivity contribution in [2.75, 3.05) is 42.0 Å². The van der Waals surface area contributed by atoms with Crippen LogP contribution in [0, 0.1) is 12.6 Å². The standard InChI is InChI=1S/C27H39N2.C21H21NO5.ClH.Ru/c1-18(2)22-11-9-12-23(19(3)4)26(22)28-15-16-29(17-28)27-24(20(5)6)13-10-14-25(27)21(7)8;1-12(2)18-21(24)22(16-8-6-7-13(3)19(16)27-18)20(23)15-10-9-14(25-4)11-17(15)26-5;;/h9-14,17-21H,15-16H2,1-8H3;3,6-12,18H,1-2,4-5H3;1H;/q-1;;;+1/p-1. The van der Waals surface area contributed by atoms with E-state index in [0.29, 0.717) is 46.6 Å². The Morgan fingerprint density at radius 1 is 0.759 bits per heavy atom. The molecule has 0 radical (unpaired) electrons. The van der Waals surface area contributed by atoms with Gasteiger partial charge in [-0.2, -0.15) is 6.67 Å². The van der Waals surface area contributed by atoms with Gasteiger partial charge in [0, 0.05) is 24.5 Å². The molecule has 2 heterocycles. The maximum absolute atomic E-state index is 13.5. The van der Waals surface area contributed by atoms with Gasteiger partial charge in [-0.3, -0.25) is 0 Å².